The molecular formula is C18H28N2O3. The molecule has 2 rings (SSSR count). The van der Waals surface area contributed by atoms with E-state index in [1.165, 1.54) is 0 Å². The van der Waals surface area contributed by atoms with Crippen LogP contribution in [0.15, 0.2) is 24.3 Å². The van der Waals surface area contributed by atoms with Crippen molar-refractivity contribution < 1.29 is 14.6 Å². The van der Waals surface area contributed by atoms with Crippen LogP contribution in [0.3, 0.4) is 0 Å². The van der Waals surface area contributed by atoms with Crippen LogP contribution in [0.5, 0.6) is 5.75 Å². The number of hydrogen-bond donors (Lipinski definition) is 1. The van der Waals surface area contributed by atoms with Gasteiger partial charge in [0.1, 0.15) is 5.75 Å². The minimum absolute atomic E-state index is 0.146. The van der Waals surface area contributed by atoms with Crippen molar-refractivity contribution in [2.75, 3.05) is 39.9 Å². The van der Waals surface area contributed by atoms with Gasteiger partial charge in [-0.05, 0) is 31.0 Å². The Morgan fingerprint density at radius 1 is 1.22 bits per heavy atom. The average molecular weight is 320 g/mol. The SMILES string of the molecule is CCC(CO)N1CCN(C(=O)C(C)c2ccc(OC)cc2)CC1. The molecule has 1 N–H and O–H groups in total. The Labute approximate surface area is 138 Å². The zero-order chi connectivity index (χ0) is 16.8. The van der Waals surface area contributed by atoms with Crippen LogP contribution in [0.4, 0.5) is 0 Å². The summed E-state index contributed by atoms with van der Waals surface area (Å²) in [5, 5.41) is 9.40. The van der Waals surface area contributed by atoms with Crippen LogP contribution in [0.1, 0.15) is 31.7 Å². The van der Waals surface area contributed by atoms with E-state index in [2.05, 4.69) is 11.8 Å². The molecule has 2 unspecified atom stereocenters. The van der Waals surface area contributed by atoms with Crippen LogP contribution < -0.4 is 4.74 Å². The number of carbonyl (C=O) groups excluding carboxylic acids is 1. The highest BCUT2D eigenvalue weighted by Gasteiger charge is 2.27. The van der Waals surface area contributed by atoms with Gasteiger partial charge in [-0.15, -0.1) is 0 Å². The zero-order valence-corrected chi connectivity index (χ0v) is 14.4. The van der Waals surface area contributed by atoms with Gasteiger partial charge in [0.25, 0.3) is 0 Å². The third-order valence-electron chi connectivity index (χ3n) is 4.81. The van der Waals surface area contributed by atoms with E-state index in [-0.39, 0.29) is 24.5 Å². The van der Waals surface area contributed by atoms with Gasteiger partial charge in [-0.2, -0.15) is 0 Å². The maximum Gasteiger partial charge on any atom is 0.229 e. The Hall–Kier alpha value is -1.59. The number of piperazine rings is 1. The van der Waals surface area contributed by atoms with Crippen LogP contribution in [-0.4, -0.2) is 66.8 Å². The maximum absolute atomic E-state index is 12.7. The Bertz CT molecular complexity index is 491. The normalized spacial score (nSPS) is 18.5. The number of methoxy groups -OCH3 is 1. The lowest BCUT2D eigenvalue weighted by molar-refractivity contribution is -0.134. The monoisotopic (exact) mass is 320 g/mol. The first-order valence-electron chi connectivity index (χ1n) is 8.38. The first-order valence-corrected chi connectivity index (χ1v) is 8.38. The minimum Gasteiger partial charge on any atom is -0.497 e. The number of hydrogen-bond acceptors (Lipinski definition) is 4. The fourth-order valence-electron chi connectivity index (χ4n) is 3.12. The molecular weight excluding hydrogens is 292 g/mol. The summed E-state index contributed by atoms with van der Waals surface area (Å²) in [5.41, 5.74) is 1.01. The van der Waals surface area contributed by atoms with Crippen molar-refractivity contribution in [3.63, 3.8) is 0 Å². The van der Waals surface area contributed by atoms with Crippen LogP contribution in [0, 0.1) is 0 Å². The maximum atomic E-state index is 12.7. The second kappa shape index (κ2) is 8.31. The minimum atomic E-state index is -0.146. The Morgan fingerprint density at radius 3 is 2.30 bits per heavy atom. The number of aliphatic hydroxyl groups excluding tert-OH is 1. The third kappa shape index (κ3) is 4.24. The van der Waals surface area contributed by atoms with Gasteiger partial charge in [0.15, 0.2) is 0 Å². The zero-order valence-electron chi connectivity index (χ0n) is 14.4. The second-order valence-corrected chi connectivity index (χ2v) is 6.10. The first kappa shape index (κ1) is 17.8. The molecule has 23 heavy (non-hydrogen) atoms. The molecule has 0 spiro atoms. The molecule has 0 radical (unpaired) electrons. The Morgan fingerprint density at radius 2 is 1.83 bits per heavy atom. The van der Waals surface area contributed by atoms with Gasteiger partial charge in [0, 0.05) is 32.2 Å². The number of aliphatic hydroxyl groups is 1. The van der Waals surface area contributed by atoms with E-state index in [9.17, 15) is 9.90 Å². The summed E-state index contributed by atoms with van der Waals surface area (Å²) in [6, 6.07) is 7.91. The van der Waals surface area contributed by atoms with Crippen molar-refractivity contribution in [2.45, 2.75) is 32.2 Å². The Kier molecular flexibility index (Phi) is 6.42. The smallest absolute Gasteiger partial charge is 0.229 e. The number of amides is 1. The fraction of sp³-hybridized carbons (Fsp3) is 0.611. The number of carbonyl (C=O) groups is 1. The van der Waals surface area contributed by atoms with E-state index in [0.717, 1.165) is 43.9 Å². The molecule has 1 fully saturated rings. The van der Waals surface area contributed by atoms with Gasteiger partial charge < -0.3 is 14.7 Å². The van der Waals surface area contributed by atoms with Gasteiger partial charge in [-0.3, -0.25) is 9.69 Å². The van der Waals surface area contributed by atoms with Gasteiger partial charge in [0.05, 0.1) is 19.6 Å². The summed E-state index contributed by atoms with van der Waals surface area (Å²) in [5.74, 6) is 0.829. The molecule has 1 saturated heterocycles. The molecule has 0 aliphatic carbocycles. The molecule has 1 aromatic carbocycles. The lowest BCUT2D eigenvalue weighted by Crippen LogP contribution is -2.53. The van der Waals surface area contributed by atoms with Gasteiger partial charge in [-0.1, -0.05) is 19.1 Å². The van der Waals surface area contributed by atoms with Crippen LogP contribution in [-0.2, 0) is 4.79 Å². The third-order valence-corrected chi connectivity index (χ3v) is 4.81. The molecule has 5 heteroatoms. The van der Waals surface area contributed by atoms with Crippen molar-refractivity contribution in [3.8, 4) is 5.75 Å². The summed E-state index contributed by atoms with van der Waals surface area (Å²) in [6.07, 6.45) is 0.937. The number of nitrogens with zero attached hydrogens (tertiary/aromatic N) is 2. The summed E-state index contributed by atoms with van der Waals surface area (Å²) in [7, 11) is 1.64. The van der Waals surface area contributed by atoms with Crippen molar-refractivity contribution in [1.29, 1.82) is 0 Å². The van der Waals surface area contributed by atoms with E-state index < -0.39 is 0 Å². The fourth-order valence-corrected chi connectivity index (χ4v) is 3.12. The molecule has 1 aliphatic heterocycles. The summed E-state index contributed by atoms with van der Waals surface area (Å²) >= 11 is 0. The standard InChI is InChI=1S/C18H28N2O3/c1-4-16(13-21)19-9-11-20(12-10-19)18(22)14(2)15-5-7-17(23-3)8-6-15/h5-8,14,16,21H,4,9-13H2,1-3H3. The number of ether oxygens (including phenoxy) is 1. The predicted octanol–water partition coefficient (Wildman–Crippen LogP) is 1.71. The molecule has 0 bridgehead atoms. The van der Waals surface area contributed by atoms with E-state index in [1.807, 2.05) is 36.1 Å². The van der Waals surface area contributed by atoms with Crippen LogP contribution in [0.25, 0.3) is 0 Å². The topological polar surface area (TPSA) is 53.0 Å². The van der Waals surface area contributed by atoms with Crippen molar-refractivity contribution in [2.24, 2.45) is 0 Å². The van der Waals surface area contributed by atoms with Crippen LogP contribution in [0.2, 0.25) is 0 Å². The summed E-state index contributed by atoms with van der Waals surface area (Å²) in [4.78, 5) is 16.9. The quantitative estimate of drug-likeness (QED) is 0.867. The van der Waals surface area contributed by atoms with Crippen molar-refractivity contribution in [1.82, 2.24) is 9.80 Å². The second-order valence-electron chi connectivity index (χ2n) is 6.10. The highest BCUT2D eigenvalue weighted by atomic mass is 16.5. The average Bonchev–Trinajstić information content (AvgIpc) is 2.62. The Balaban J connectivity index is 1.93. The molecule has 1 heterocycles. The molecule has 5 nitrogen and oxygen atoms in total. The largest absolute Gasteiger partial charge is 0.497 e. The summed E-state index contributed by atoms with van der Waals surface area (Å²) < 4.78 is 5.16. The lowest BCUT2D eigenvalue weighted by atomic mass is 9.99. The molecule has 1 aromatic rings. The first-order chi connectivity index (χ1) is 11.1. The highest BCUT2D eigenvalue weighted by molar-refractivity contribution is 5.83. The molecule has 0 saturated carbocycles. The predicted molar refractivity (Wildman–Crippen MR) is 90.7 cm³/mol. The summed E-state index contributed by atoms with van der Waals surface area (Å²) in [6.45, 7) is 7.36. The van der Waals surface area contributed by atoms with E-state index in [1.54, 1.807) is 7.11 Å². The highest BCUT2D eigenvalue weighted by Crippen LogP contribution is 2.22. The van der Waals surface area contributed by atoms with Crippen LogP contribution >= 0.6 is 0 Å². The molecule has 128 valence electrons. The van der Waals surface area contributed by atoms with E-state index >= 15 is 0 Å². The number of benzene rings is 1. The van der Waals surface area contributed by atoms with Crippen molar-refractivity contribution >= 4 is 5.91 Å². The van der Waals surface area contributed by atoms with Gasteiger partial charge in [-0.25, -0.2) is 0 Å². The van der Waals surface area contributed by atoms with Gasteiger partial charge >= 0.3 is 0 Å². The molecule has 1 amide bonds. The molecule has 1 aliphatic rings. The van der Waals surface area contributed by atoms with E-state index in [4.69, 9.17) is 4.74 Å². The number of rotatable bonds is 6. The van der Waals surface area contributed by atoms with E-state index in [0.29, 0.717) is 0 Å². The lowest BCUT2D eigenvalue weighted by Gasteiger charge is -2.39. The van der Waals surface area contributed by atoms with Gasteiger partial charge in [0.2, 0.25) is 5.91 Å². The molecule has 0 aromatic heterocycles. The van der Waals surface area contributed by atoms with Crippen molar-refractivity contribution in [3.05, 3.63) is 29.8 Å². The molecule has 2 atom stereocenters.